The lowest BCUT2D eigenvalue weighted by atomic mass is 10.1. The summed E-state index contributed by atoms with van der Waals surface area (Å²) in [7, 11) is 0. The molecule has 5 heteroatoms. The predicted molar refractivity (Wildman–Crippen MR) is 59.1 cm³/mol. The van der Waals surface area contributed by atoms with E-state index >= 15 is 0 Å². The lowest BCUT2D eigenvalue weighted by molar-refractivity contribution is 0.351. The molecule has 1 saturated heterocycles. The molecular weight excluding hydrogens is 196 g/mol. The van der Waals surface area contributed by atoms with Crippen LogP contribution in [-0.2, 0) is 6.42 Å². The number of rotatable bonds is 2. The standard InChI is InChI=1S/C9H12N4S/c14-9-12-10-8(11-13-9)6-7-4-2-1-3-5-7/h1-5,8,10-11H,6H2,(H2,12,13,14). The van der Waals surface area contributed by atoms with Crippen molar-refractivity contribution in [2.24, 2.45) is 0 Å². The van der Waals surface area contributed by atoms with E-state index in [0.717, 1.165) is 6.42 Å². The third kappa shape index (κ3) is 2.41. The van der Waals surface area contributed by atoms with E-state index in [1.165, 1.54) is 5.56 Å². The molecule has 1 aromatic rings. The molecule has 0 aromatic heterocycles. The first-order valence-electron chi connectivity index (χ1n) is 4.45. The highest BCUT2D eigenvalue weighted by atomic mass is 32.1. The van der Waals surface area contributed by atoms with Crippen molar-refractivity contribution in [2.45, 2.75) is 12.6 Å². The normalized spacial score (nSPS) is 17.3. The molecule has 0 radical (unpaired) electrons. The lowest BCUT2D eigenvalue weighted by Gasteiger charge is -2.27. The third-order valence-corrected chi connectivity index (χ3v) is 2.21. The number of hydrogen-bond acceptors (Lipinski definition) is 3. The highest BCUT2D eigenvalue weighted by Gasteiger charge is 2.13. The summed E-state index contributed by atoms with van der Waals surface area (Å²) in [5.74, 6) is 0. The summed E-state index contributed by atoms with van der Waals surface area (Å²) in [6.45, 7) is 0. The van der Waals surface area contributed by atoms with Gasteiger partial charge in [-0.15, -0.1) is 0 Å². The van der Waals surface area contributed by atoms with Crippen LogP contribution in [0, 0.1) is 0 Å². The van der Waals surface area contributed by atoms with Gasteiger partial charge >= 0.3 is 0 Å². The molecular formula is C9H12N4S. The summed E-state index contributed by atoms with van der Waals surface area (Å²) >= 11 is 4.88. The molecule has 74 valence electrons. The fourth-order valence-electron chi connectivity index (χ4n) is 1.32. The Balaban J connectivity index is 1.89. The van der Waals surface area contributed by atoms with Crippen molar-refractivity contribution in [1.29, 1.82) is 0 Å². The van der Waals surface area contributed by atoms with Crippen LogP contribution in [0.3, 0.4) is 0 Å². The molecule has 14 heavy (non-hydrogen) atoms. The maximum absolute atomic E-state index is 4.88. The summed E-state index contributed by atoms with van der Waals surface area (Å²) in [6.07, 6.45) is 1.03. The third-order valence-electron chi connectivity index (χ3n) is 2.00. The Labute approximate surface area is 88.0 Å². The Morgan fingerprint density at radius 1 is 1.07 bits per heavy atom. The van der Waals surface area contributed by atoms with E-state index in [1.54, 1.807) is 0 Å². The summed E-state index contributed by atoms with van der Waals surface area (Å²) in [5.41, 5.74) is 13.1. The molecule has 0 amide bonds. The summed E-state index contributed by atoms with van der Waals surface area (Å²) in [5, 5.41) is 0.564. The van der Waals surface area contributed by atoms with Gasteiger partial charge in [0.2, 0.25) is 0 Å². The van der Waals surface area contributed by atoms with E-state index in [9.17, 15) is 0 Å². The molecule has 1 fully saturated rings. The number of benzene rings is 1. The zero-order valence-electron chi connectivity index (χ0n) is 7.58. The molecule has 1 aliphatic heterocycles. The van der Waals surface area contributed by atoms with Gasteiger partial charge in [0.05, 0.1) is 6.17 Å². The van der Waals surface area contributed by atoms with Crippen molar-refractivity contribution in [3.05, 3.63) is 35.9 Å². The van der Waals surface area contributed by atoms with E-state index < -0.39 is 0 Å². The molecule has 0 aliphatic carbocycles. The van der Waals surface area contributed by atoms with Crippen molar-refractivity contribution >= 4 is 17.3 Å². The fourth-order valence-corrected chi connectivity index (χ4v) is 1.44. The maximum Gasteiger partial charge on any atom is 0.195 e. The van der Waals surface area contributed by atoms with Gasteiger partial charge in [-0.1, -0.05) is 30.3 Å². The van der Waals surface area contributed by atoms with Gasteiger partial charge in [-0.2, -0.15) is 0 Å². The molecule has 4 N–H and O–H groups in total. The van der Waals surface area contributed by atoms with E-state index in [-0.39, 0.29) is 6.17 Å². The minimum atomic E-state index is 0.143. The van der Waals surface area contributed by atoms with Gasteiger partial charge in [-0.05, 0) is 17.8 Å². The van der Waals surface area contributed by atoms with Crippen LogP contribution in [-0.4, -0.2) is 11.3 Å². The molecule has 1 aliphatic rings. The Kier molecular flexibility index (Phi) is 2.93. The van der Waals surface area contributed by atoms with Crippen molar-refractivity contribution in [2.75, 3.05) is 0 Å². The van der Waals surface area contributed by atoms with Gasteiger partial charge in [0.15, 0.2) is 5.11 Å². The van der Waals surface area contributed by atoms with Crippen LogP contribution >= 0.6 is 12.2 Å². The smallest absolute Gasteiger partial charge is 0.195 e. The van der Waals surface area contributed by atoms with E-state index in [0.29, 0.717) is 5.11 Å². The number of nitrogens with one attached hydrogen (secondary N) is 4. The van der Waals surface area contributed by atoms with Crippen molar-refractivity contribution in [3.63, 3.8) is 0 Å². The fraction of sp³-hybridized carbons (Fsp3) is 0.222. The monoisotopic (exact) mass is 208 g/mol. The zero-order chi connectivity index (χ0) is 9.80. The van der Waals surface area contributed by atoms with Crippen LogP contribution in [0.5, 0.6) is 0 Å². The van der Waals surface area contributed by atoms with Crippen LogP contribution < -0.4 is 21.7 Å². The molecule has 1 aromatic carbocycles. The van der Waals surface area contributed by atoms with Crippen LogP contribution in [0.25, 0.3) is 0 Å². The van der Waals surface area contributed by atoms with Gasteiger partial charge < -0.3 is 0 Å². The van der Waals surface area contributed by atoms with Crippen LogP contribution in [0.15, 0.2) is 30.3 Å². The average molecular weight is 208 g/mol. The first-order valence-corrected chi connectivity index (χ1v) is 4.86. The second-order valence-electron chi connectivity index (χ2n) is 3.11. The van der Waals surface area contributed by atoms with Gasteiger partial charge in [-0.25, -0.2) is 10.9 Å². The van der Waals surface area contributed by atoms with E-state index in [1.807, 2.05) is 18.2 Å². The first kappa shape index (κ1) is 9.39. The number of thiocarbonyl (C=S) groups is 1. The van der Waals surface area contributed by atoms with Gasteiger partial charge in [0, 0.05) is 6.42 Å². The second kappa shape index (κ2) is 4.36. The minimum Gasteiger partial charge on any atom is -0.296 e. The Morgan fingerprint density at radius 2 is 1.71 bits per heavy atom. The van der Waals surface area contributed by atoms with Crippen molar-refractivity contribution in [3.8, 4) is 0 Å². The van der Waals surface area contributed by atoms with Crippen LogP contribution in [0.1, 0.15) is 5.56 Å². The minimum absolute atomic E-state index is 0.143. The van der Waals surface area contributed by atoms with Gasteiger partial charge in [0.1, 0.15) is 0 Å². The highest BCUT2D eigenvalue weighted by molar-refractivity contribution is 7.80. The molecule has 4 nitrogen and oxygen atoms in total. The SMILES string of the molecule is S=C1NNC(Cc2ccccc2)NN1. The van der Waals surface area contributed by atoms with Crippen LogP contribution in [0.2, 0.25) is 0 Å². The van der Waals surface area contributed by atoms with Crippen LogP contribution in [0.4, 0.5) is 0 Å². The van der Waals surface area contributed by atoms with Gasteiger partial charge in [0.25, 0.3) is 0 Å². The summed E-state index contributed by atoms with van der Waals surface area (Å²) < 4.78 is 0. The summed E-state index contributed by atoms with van der Waals surface area (Å²) in [6, 6.07) is 10.3. The first-order chi connectivity index (χ1) is 6.84. The molecule has 0 spiro atoms. The van der Waals surface area contributed by atoms with Gasteiger partial charge in [-0.3, -0.25) is 10.9 Å². The quantitative estimate of drug-likeness (QED) is 0.517. The topological polar surface area (TPSA) is 48.1 Å². The Morgan fingerprint density at radius 3 is 2.36 bits per heavy atom. The van der Waals surface area contributed by atoms with Crippen molar-refractivity contribution in [1.82, 2.24) is 21.7 Å². The molecule has 1 heterocycles. The molecule has 2 rings (SSSR count). The average Bonchev–Trinajstić information content (AvgIpc) is 2.23. The second-order valence-corrected chi connectivity index (χ2v) is 3.52. The Bertz CT molecular complexity index is 304. The van der Waals surface area contributed by atoms with E-state index in [2.05, 4.69) is 33.8 Å². The largest absolute Gasteiger partial charge is 0.296 e. The number of hydrazine groups is 2. The predicted octanol–water partition coefficient (Wildman–Crippen LogP) is 0.0421. The lowest BCUT2D eigenvalue weighted by Crippen LogP contribution is -2.66. The van der Waals surface area contributed by atoms with Crippen molar-refractivity contribution < 1.29 is 0 Å². The van der Waals surface area contributed by atoms with E-state index in [4.69, 9.17) is 12.2 Å². The molecule has 0 bridgehead atoms. The number of hydrogen-bond donors (Lipinski definition) is 4. The highest BCUT2D eigenvalue weighted by Crippen LogP contribution is 2.01. The molecule has 0 unspecified atom stereocenters. The maximum atomic E-state index is 4.88. The Hall–Kier alpha value is -1.17. The molecule has 0 saturated carbocycles. The summed E-state index contributed by atoms with van der Waals surface area (Å²) in [4.78, 5) is 0. The molecule has 0 atom stereocenters. The zero-order valence-corrected chi connectivity index (χ0v) is 8.40.